The molecule has 2 rings (SSSR count). The summed E-state index contributed by atoms with van der Waals surface area (Å²) in [7, 11) is -4.15. The number of oxazole rings is 1. The second kappa shape index (κ2) is 4.70. The van der Waals surface area contributed by atoms with Crippen LogP contribution in [0.4, 0.5) is 0 Å². The lowest BCUT2D eigenvalue weighted by atomic mass is 10.2. The summed E-state index contributed by atoms with van der Waals surface area (Å²) in [6.07, 6.45) is 0.292. The predicted octanol–water partition coefficient (Wildman–Crippen LogP) is 1.27. The van der Waals surface area contributed by atoms with Gasteiger partial charge in [-0.2, -0.15) is 4.57 Å². The van der Waals surface area contributed by atoms with Crippen LogP contribution >= 0.6 is 0 Å². The number of nitrogens with zero attached hydrogens (tertiary/aromatic N) is 1. The first-order valence-electron chi connectivity index (χ1n) is 5.70. The van der Waals surface area contributed by atoms with Gasteiger partial charge in [0, 0.05) is 18.2 Å². The molecule has 0 spiro atoms. The van der Waals surface area contributed by atoms with Crippen molar-refractivity contribution in [1.29, 1.82) is 0 Å². The maximum Gasteiger partial charge on any atom is 0.344 e. The van der Waals surface area contributed by atoms with Crippen molar-refractivity contribution in [2.24, 2.45) is 0 Å². The lowest BCUT2D eigenvalue weighted by Gasteiger charge is -2.03. The standard InChI is InChI=1S/C12H15NO4S/c1-9-4-5-12-11(8-9)13(10(2)17-12)6-3-7-18(14,15)16/h4-5,8H,3,6-7H2,1-2H3. The second-order valence-electron chi connectivity index (χ2n) is 4.36. The zero-order valence-corrected chi connectivity index (χ0v) is 11.2. The first-order valence-corrected chi connectivity index (χ1v) is 7.28. The molecule has 0 fully saturated rings. The molecule has 6 heteroatoms. The van der Waals surface area contributed by atoms with E-state index < -0.39 is 10.1 Å². The normalized spacial score (nSPS) is 12.2. The molecule has 0 aliphatic heterocycles. The minimum atomic E-state index is -4.15. The van der Waals surface area contributed by atoms with Crippen LogP contribution in [0.5, 0.6) is 0 Å². The van der Waals surface area contributed by atoms with Crippen LogP contribution < -0.4 is 4.57 Å². The molecule has 0 saturated carbocycles. The molecule has 0 aliphatic carbocycles. The van der Waals surface area contributed by atoms with E-state index in [-0.39, 0.29) is 5.75 Å². The van der Waals surface area contributed by atoms with Crippen LogP contribution in [-0.4, -0.2) is 18.7 Å². The number of aromatic nitrogens is 1. The van der Waals surface area contributed by atoms with Crippen molar-refractivity contribution < 1.29 is 22.0 Å². The van der Waals surface area contributed by atoms with Crippen LogP contribution in [0.2, 0.25) is 0 Å². The maximum absolute atomic E-state index is 10.6. The molecule has 2 aromatic rings. The van der Waals surface area contributed by atoms with Crippen LogP contribution in [-0.2, 0) is 16.7 Å². The second-order valence-corrected chi connectivity index (χ2v) is 5.88. The highest BCUT2D eigenvalue weighted by Crippen LogP contribution is 2.15. The average Bonchev–Trinajstić information content (AvgIpc) is 2.54. The lowest BCUT2D eigenvalue weighted by Crippen LogP contribution is -2.36. The van der Waals surface area contributed by atoms with Gasteiger partial charge in [-0.05, 0) is 18.6 Å². The van der Waals surface area contributed by atoms with Gasteiger partial charge in [0.05, 0.1) is 17.0 Å². The van der Waals surface area contributed by atoms with Crippen molar-refractivity contribution in [2.75, 3.05) is 5.75 Å². The van der Waals surface area contributed by atoms with Gasteiger partial charge in [-0.25, -0.2) is 8.42 Å². The third kappa shape index (κ3) is 2.88. The SMILES string of the molecule is Cc1ccc2oc(C)[n+](CCCS(=O)(=O)[O-])c2c1. The number of hydrogen-bond acceptors (Lipinski definition) is 4. The smallest absolute Gasteiger partial charge is 0.344 e. The van der Waals surface area contributed by atoms with Gasteiger partial charge in [0.25, 0.3) is 5.52 Å². The van der Waals surface area contributed by atoms with E-state index in [1.165, 1.54) is 0 Å². The maximum atomic E-state index is 10.6. The lowest BCUT2D eigenvalue weighted by molar-refractivity contribution is -0.682. The number of benzene rings is 1. The Bertz CT molecular complexity index is 673. The fourth-order valence-corrected chi connectivity index (χ4v) is 2.47. The van der Waals surface area contributed by atoms with Crippen molar-refractivity contribution >= 4 is 21.2 Å². The van der Waals surface area contributed by atoms with Crippen molar-refractivity contribution in [2.45, 2.75) is 26.8 Å². The molecule has 0 radical (unpaired) electrons. The fourth-order valence-electron chi connectivity index (χ4n) is 1.99. The topological polar surface area (TPSA) is 74.2 Å². The van der Waals surface area contributed by atoms with Gasteiger partial charge in [-0.3, -0.25) is 0 Å². The molecule has 0 N–H and O–H groups in total. The molecular formula is C12H15NO4S. The van der Waals surface area contributed by atoms with Crippen molar-refractivity contribution in [1.82, 2.24) is 0 Å². The number of hydrogen-bond donors (Lipinski definition) is 0. The molecule has 0 aliphatic rings. The highest BCUT2D eigenvalue weighted by molar-refractivity contribution is 7.85. The molecule has 1 aromatic carbocycles. The summed E-state index contributed by atoms with van der Waals surface area (Å²) in [5.74, 6) is 0.358. The van der Waals surface area contributed by atoms with E-state index in [4.69, 9.17) is 4.42 Å². The molecule has 0 unspecified atom stereocenters. The van der Waals surface area contributed by atoms with Crippen LogP contribution in [0.25, 0.3) is 11.1 Å². The molecule has 18 heavy (non-hydrogen) atoms. The minimum Gasteiger partial charge on any atom is -0.748 e. The Morgan fingerprint density at radius 1 is 1.33 bits per heavy atom. The van der Waals surface area contributed by atoms with Gasteiger partial charge in [0.15, 0.2) is 6.54 Å². The van der Waals surface area contributed by atoms with Crippen LogP contribution in [0, 0.1) is 13.8 Å². The van der Waals surface area contributed by atoms with E-state index in [0.29, 0.717) is 18.9 Å². The van der Waals surface area contributed by atoms with Crippen molar-refractivity contribution in [3.05, 3.63) is 29.7 Å². The highest BCUT2D eigenvalue weighted by Gasteiger charge is 2.18. The van der Waals surface area contributed by atoms with Gasteiger partial charge in [-0.15, -0.1) is 0 Å². The van der Waals surface area contributed by atoms with E-state index in [1.54, 1.807) is 0 Å². The number of fused-ring (bicyclic) bond motifs is 1. The Kier molecular flexibility index (Phi) is 3.41. The largest absolute Gasteiger partial charge is 0.748 e. The molecule has 0 amide bonds. The third-order valence-corrected chi connectivity index (χ3v) is 3.61. The number of rotatable bonds is 4. The third-order valence-electron chi connectivity index (χ3n) is 2.82. The summed E-state index contributed by atoms with van der Waals surface area (Å²) in [6, 6.07) is 5.83. The fraction of sp³-hybridized carbons (Fsp3) is 0.417. The molecule has 1 aromatic heterocycles. The Balaban J connectivity index is 2.27. The molecular weight excluding hydrogens is 254 g/mol. The molecule has 0 atom stereocenters. The van der Waals surface area contributed by atoms with Gasteiger partial charge in [-0.1, -0.05) is 6.07 Å². The van der Waals surface area contributed by atoms with Gasteiger partial charge >= 0.3 is 5.89 Å². The summed E-state index contributed by atoms with van der Waals surface area (Å²) >= 11 is 0. The first kappa shape index (κ1) is 13.0. The Labute approximate surface area is 106 Å². The van der Waals surface area contributed by atoms with Gasteiger partial charge in [0.1, 0.15) is 0 Å². The molecule has 5 nitrogen and oxygen atoms in total. The summed E-state index contributed by atoms with van der Waals surface area (Å²) < 4.78 is 39.2. The summed E-state index contributed by atoms with van der Waals surface area (Å²) in [6.45, 7) is 4.26. The molecule has 0 saturated heterocycles. The van der Waals surface area contributed by atoms with Crippen LogP contribution in [0.1, 0.15) is 17.9 Å². The molecule has 1 heterocycles. The Morgan fingerprint density at radius 3 is 2.72 bits per heavy atom. The van der Waals surface area contributed by atoms with Crippen LogP contribution in [0.3, 0.4) is 0 Å². The minimum absolute atomic E-state index is 0.292. The molecule has 98 valence electrons. The first-order chi connectivity index (χ1) is 8.37. The summed E-state index contributed by atoms with van der Waals surface area (Å²) in [5.41, 5.74) is 2.80. The quantitative estimate of drug-likeness (QED) is 0.619. The Morgan fingerprint density at radius 2 is 2.06 bits per heavy atom. The van der Waals surface area contributed by atoms with Gasteiger partial charge < -0.3 is 8.97 Å². The van der Waals surface area contributed by atoms with E-state index in [2.05, 4.69) is 0 Å². The van der Waals surface area contributed by atoms with Crippen molar-refractivity contribution in [3.63, 3.8) is 0 Å². The summed E-state index contributed by atoms with van der Waals surface area (Å²) in [4.78, 5) is 0. The van der Waals surface area contributed by atoms with E-state index in [1.807, 2.05) is 36.6 Å². The molecule has 0 bridgehead atoms. The zero-order chi connectivity index (χ0) is 13.3. The summed E-state index contributed by atoms with van der Waals surface area (Å²) in [5, 5.41) is 0. The predicted molar refractivity (Wildman–Crippen MR) is 65.1 cm³/mol. The van der Waals surface area contributed by atoms with Crippen LogP contribution in [0.15, 0.2) is 22.6 Å². The van der Waals surface area contributed by atoms with Gasteiger partial charge in [0.2, 0.25) is 5.58 Å². The van der Waals surface area contributed by atoms with E-state index in [0.717, 1.165) is 16.7 Å². The van der Waals surface area contributed by atoms with E-state index >= 15 is 0 Å². The Hall–Kier alpha value is -1.40. The monoisotopic (exact) mass is 269 g/mol. The zero-order valence-electron chi connectivity index (χ0n) is 10.3. The highest BCUT2D eigenvalue weighted by atomic mass is 32.2. The average molecular weight is 269 g/mol. The van der Waals surface area contributed by atoms with E-state index in [9.17, 15) is 13.0 Å². The number of aryl methyl sites for hydroxylation is 3. The van der Waals surface area contributed by atoms with Crippen molar-refractivity contribution in [3.8, 4) is 0 Å².